The lowest BCUT2D eigenvalue weighted by atomic mass is 10.1. The van der Waals surface area contributed by atoms with Crippen molar-refractivity contribution in [3.8, 4) is 22.8 Å². The predicted octanol–water partition coefficient (Wildman–Crippen LogP) is 5.02. The number of aromatic nitrogens is 2. The highest BCUT2D eigenvalue weighted by molar-refractivity contribution is 6.33. The first kappa shape index (κ1) is 21.5. The first-order valence-electron chi connectivity index (χ1n) is 9.94. The summed E-state index contributed by atoms with van der Waals surface area (Å²) in [4.78, 5) is 33.3. The Kier molecular flexibility index (Phi) is 6.18. The summed E-state index contributed by atoms with van der Waals surface area (Å²) in [5.41, 5.74) is 2.69. The number of furan rings is 1. The van der Waals surface area contributed by atoms with Crippen LogP contribution in [-0.4, -0.2) is 21.7 Å². The van der Waals surface area contributed by atoms with E-state index in [1.165, 1.54) is 13.2 Å². The van der Waals surface area contributed by atoms with E-state index in [4.69, 9.17) is 20.4 Å². The fourth-order valence-electron chi connectivity index (χ4n) is 3.23. The Labute approximate surface area is 189 Å². The van der Waals surface area contributed by atoms with E-state index in [1.54, 1.807) is 48.7 Å². The molecule has 0 saturated heterocycles. The normalized spacial score (nSPS) is 10.8. The van der Waals surface area contributed by atoms with Gasteiger partial charge in [-0.3, -0.25) is 14.6 Å². The van der Waals surface area contributed by atoms with Crippen molar-refractivity contribution in [3.05, 3.63) is 82.7 Å². The topological polar surface area (TPSA) is 98.2 Å². The molecule has 7 nitrogen and oxygen atoms in total. The van der Waals surface area contributed by atoms with Crippen LogP contribution in [0.4, 0.5) is 0 Å². The standard InChI is InChI=1S/C24H20ClN3O4/c1-14-12-26-16(10-15(2)29)11-19(14)24-28-21(23(30)27-13-17-6-5-9-31-17)22(32-24)18-7-3-4-8-20(18)25/h3-9,11-12H,10,13H2,1-2H3,(H,27,30). The average Bonchev–Trinajstić information content (AvgIpc) is 3.43. The van der Waals surface area contributed by atoms with Gasteiger partial charge in [0.05, 0.1) is 17.8 Å². The van der Waals surface area contributed by atoms with Crippen molar-refractivity contribution >= 4 is 23.3 Å². The molecule has 0 unspecified atom stereocenters. The Hall–Kier alpha value is -3.71. The monoisotopic (exact) mass is 449 g/mol. The number of nitrogens with zero attached hydrogens (tertiary/aromatic N) is 2. The van der Waals surface area contributed by atoms with Crippen molar-refractivity contribution < 1.29 is 18.4 Å². The van der Waals surface area contributed by atoms with Crippen LogP contribution in [0, 0.1) is 6.92 Å². The second-order valence-electron chi connectivity index (χ2n) is 7.31. The Morgan fingerprint density at radius 3 is 2.66 bits per heavy atom. The predicted molar refractivity (Wildman–Crippen MR) is 119 cm³/mol. The minimum atomic E-state index is -0.429. The Morgan fingerprint density at radius 2 is 1.94 bits per heavy atom. The summed E-state index contributed by atoms with van der Waals surface area (Å²) in [7, 11) is 0. The van der Waals surface area contributed by atoms with Crippen LogP contribution < -0.4 is 5.32 Å². The highest BCUT2D eigenvalue weighted by Crippen LogP contribution is 2.35. The van der Waals surface area contributed by atoms with Gasteiger partial charge in [0.25, 0.3) is 5.91 Å². The zero-order chi connectivity index (χ0) is 22.7. The number of nitrogens with one attached hydrogen (secondary N) is 1. The maximum absolute atomic E-state index is 13.0. The van der Waals surface area contributed by atoms with Gasteiger partial charge in [0.15, 0.2) is 11.5 Å². The number of Topliss-reactive ketones (excluding diaryl/α,β-unsaturated/α-hetero) is 1. The minimum Gasteiger partial charge on any atom is -0.467 e. The molecule has 4 rings (SSSR count). The summed E-state index contributed by atoms with van der Waals surface area (Å²) >= 11 is 6.38. The van der Waals surface area contributed by atoms with Gasteiger partial charge in [-0.25, -0.2) is 4.98 Å². The number of amides is 1. The third-order valence-electron chi connectivity index (χ3n) is 4.78. The Morgan fingerprint density at radius 1 is 1.12 bits per heavy atom. The van der Waals surface area contributed by atoms with E-state index in [0.29, 0.717) is 27.6 Å². The largest absolute Gasteiger partial charge is 0.467 e. The number of benzene rings is 1. The first-order valence-corrected chi connectivity index (χ1v) is 10.3. The molecule has 1 aromatic carbocycles. The molecule has 0 radical (unpaired) electrons. The van der Waals surface area contributed by atoms with Gasteiger partial charge < -0.3 is 14.2 Å². The van der Waals surface area contributed by atoms with Crippen LogP contribution >= 0.6 is 11.6 Å². The number of carbonyl (C=O) groups excluding carboxylic acids is 2. The molecule has 3 heterocycles. The summed E-state index contributed by atoms with van der Waals surface area (Å²) in [5, 5.41) is 3.22. The molecule has 0 aliphatic carbocycles. The van der Waals surface area contributed by atoms with Gasteiger partial charge >= 0.3 is 0 Å². The third kappa shape index (κ3) is 4.63. The van der Waals surface area contributed by atoms with Crippen LogP contribution in [-0.2, 0) is 17.8 Å². The smallest absolute Gasteiger partial charge is 0.274 e. The van der Waals surface area contributed by atoms with Gasteiger partial charge in [-0.05, 0) is 49.7 Å². The zero-order valence-corrected chi connectivity index (χ0v) is 18.3. The van der Waals surface area contributed by atoms with Crippen molar-refractivity contribution in [2.45, 2.75) is 26.8 Å². The summed E-state index contributed by atoms with van der Waals surface area (Å²) < 4.78 is 11.3. The minimum absolute atomic E-state index is 0.00513. The second-order valence-corrected chi connectivity index (χ2v) is 7.72. The molecule has 1 N–H and O–H groups in total. The van der Waals surface area contributed by atoms with E-state index in [9.17, 15) is 9.59 Å². The van der Waals surface area contributed by atoms with E-state index >= 15 is 0 Å². The Balaban J connectivity index is 1.77. The van der Waals surface area contributed by atoms with Gasteiger partial charge in [0.2, 0.25) is 5.89 Å². The maximum atomic E-state index is 13.0. The van der Waals surface area contributed by atoms with Crippen LogP contribution in [0.3, 0.4) is 0 Å². The fourth-order valence-corrected chi connectivity index (χ4v) is 3.45. The summed E-state index contributed by atoms with van der Waals surface area (Å²) in [5.74, 6) is 0.677. The lowest BCUT2D eigenvalue weighted by Gasteiger charge is -2.05. The van der Waals surface area contributed by atoms with Crippen LogP contribution in [0.1, 0.15) is 34.4 Å². The second kappa shape index (κ2) is 9.20. The van der Waals surface area contributed by atoms with E-state index in [-0.39, 0.29) is 36.1 Å². The number of rotatable bonds is 7. The van der Waals surface area contributed by atoms with Gasteiger partial charge in [0, 0.05) is 29.4 Å². The molecule has 0 atom stereocenters. The lowest BCUT2D eigenvalue weighted by Crippen LogP contribution is -2.23. The molecular formula is C24H20ClN3O4. The van der Waals surface area contributed by atoms with Crippen LogP contribution in [0.2, 0.25) is 5.02 Å². The number of carbonyl (C=O) groups is 2. The van der Waals surface area contributed by atoms with Gasteiger partial charge in [-0.2, -0.15) is 0 Å². The molecule has 0 bridgehead atoms. The fraction of sp³-hybridized carbons (Fsp3) is 0.167. The van der Waals surface area contributed by atoms with Crippen molar-refractivity contribution in [1.29, 1.82) is 0 Å². The number of halogens is 1. The number of pyridine rings is 1. The first-order chi connectivity index (χ1) is 15.4. The highest BCUT2D eigenvalue weighted by Gasteiger charge is 2.24. The summed E-state index contributed by atoms with van der Waals surface area (Å²) in [6, 6.07) is 12.3. The van der Waals surface area contributed by atoms with Gasteiger partial charge in [-0.1, -0.05) is 23.7 Å². The number of ketones is 1. The molecule has 32 heavy (non-hydrogen) atoms. The number of aryl methyl sites for hydroxylation is 1. The maximum Gasteiger partial charge on any atom is 0.274 e. The van der Waals surface area contributed by atoms with Gasteiger partial charge in [-0.15, -0.1) is 0 Å². The Bertz CT molecular complexity index is 1280. The molecule has 0 aliphatic heterocycles. The number of oxazole rings is 1. The molecule has 1 amide bonds. The van der Waals surface area contributed by atoms with E-state index in [0.717, 1.165) is 5.56 Å². The quantitative estimate of drug-likeness (QED) is 0.425. The van der Waals surface area contributed by atoms with Crippen LogP contribution in [0.5, 0.6) is 0 Å². The van der Waals surface area contributed by atoms with E-state index in [2.05, 4.69) is 15.3 Å². The molecule has 162 valence electrons. The number of hydrogen-bond donors (Lipinski definition) is 1. The van der Waals surface area contributed by atoms with Crippen molar-refractivity contribution in [2.75, 3.05) is 0 Å². The highest BCUT2D eigenvalue weighted by atomic mass is 35.5. The SMILES string of the molecule is CC(=O)Cc1cc(-c2nc(C(=O)NCc3ccco3)c(-c3ccccc3Cl)o2)c(C)cn1. The third-order valence-corrected chi connectivity index (χ3v) is 5.11. The van der Waals surface area contributed by atoms with Gasteiger partial charge in [0.1, 0.15) is 11.5 Å². The molecule has 8 heteroatoms. The average molecular weight is 450 g/mol. The number of hydrogen-bond acceptors (Lipinski definition) is 6. The molecule has 4 aromatic rings. The summed E-state index contributed by atoms with van der Waals surface area (Å²) in [6.07, 6.45) is 3.39. The molecule has 0 saturated carbocycles. The van der Waals surface area contributed by atoms with E-state index in [1.807, 2.05) is 6.92 Å². The lowest BCUT2D eigenvalue weighted by molar-refractivity contribution is -0.116. The van der Waals surface area contributed by atoms with Crippen molar-refractivity contribution in [1.82, 2.24) is 15.3 Å². The van der Waals surface area contributed by atoms with Crippen molar-refractivity contribution in [2.24, 2.45) is 0 Å². The molecule has 0 fully saturated rings. The molecule has 0 aliphatic rings. The van der Waals surface area contributed by atoms with E-state index < -0.39 is 5.91 Å². The van der Waals surface area contributed by atoms with Crippen LogP contribution in [0.25, 0.3) is 22.8 Å². The molecular weight excluding hydrogens is 430 g/mol. The van der Waals surface area contributed by atoms with Crippen LogP contribution in [0.15, 0.2) is 63.8 Å². The molecule has 3 aromatic heterocycles. The summed E-state index contributed by atoms with van der Waals surface area (Å²) in [6.45, 7) is 3.56. The zero-order valence-electron chi connectivity index (χ0n) is 17.5. The van der Waals surface area contributed by atoms with Crippen molar-refractivity contribution in [3.63, 3.8) is 0 Å². The molecule has 0 spiro atoms.